The average molecular weight is 398 g/mol. The minimum Gasteiger partial charge on any atom is -0.277 e. The van der Waals surface area contributed by atoms with Crippen LogP contribution in [-0.4, -0.2) is 15.5 Å². The summed E-state index contributed by atoms with van der Waals surface area (Å²) in [5, 5.41) is 0.544. The van der Waals surface area contributed by atoms with Gasteiger partial charge in [-0.2, -0.15) is 0 Å². The van der Waals surface area contributed by atoms with Gasteiger partial charge in [0, 0.05) is 6.54 Å². The molecule has 1 heterocycles. The summed E-state index contributed by atoms with van der Waals surface area (Å²) in [6, 6.07) is 26.3. The maximum absolute atomic E-state index is 13.2. The third-order valence-corrected chi connectivity index (χ3v) is 5.00. The number of hydrogen-bond acceptors (Lipinski definition) is 4. The Balaban J connectivity index is 1.65. The fourth-order valence-electron chi connectivity index (χ4n) is 3.53. The van der Waals surface area contributed by atoms with Gasteiger partial charge in [0.15, 0.2) is 0 Å². The van der Waals surface area contributed by atoms with Gasteiger partial charge in [0.25, 0.3) is 5.56 Å². The van der Waals surface area contributed by atoms with E-state index in [2.05, 4.69) is 15.8 Å². The summed E-state index contributed by atoms with van der Waals surface area (Å²) in [6.07, 6.45) is 0. The zero-order valence-corrected chi connectivity index (χ0v) is 16.6. The van der Waals surface area contributed by atoms with Crippen molar-refractivity contribution in [3.8, 4) is 0 Å². The highest BCUT2D eigenvalue weighted by Crippen LogP contribution is 2.24. The fraction of sp³-hybridized carbons (Fsp3) is 0.125. The highest BCUT2D eigenvalue weighted by Gasteiger charge is 2.23. The summed E-state index contributed by atoms with van der Waals surface area (Å²) in [5.74, 6) is -0.436. The first-order valence-electron chi connectivity index (χ1n) is 9.84. The van der Waals surface area contributed by atoms with Gasteiger partial charge in [-0.15, -0.1) is 0 Å². The lowest BCUT2D eigenvalue weighted by atomic mass is 9.91. The van der Waals surface area contributed by atoms with E-state index in [0.29, 0.717) is 23.4 Å². The Morgan fingerprint density at radius 3 is 2.07 bits per heavy atom. The molecule has 0 aliphatic heterocycles. The zero-order valence-electron chi connectivity index (χ0n) is 16.6. The number of amides is 1. The first-order valence-corrected chi connectivity index (χ1v) is 9.84. The predicted octanol–water partition coefficient (Wildman–Crippen LogP) is 3.69. The van der Waals surface area contributed by atoms with Crippen molar-refractivity contribution in [2.24, 2.45) is 0 Å². The van der Waals surface area contributed by atoms with Gasteiger partial charge in [0.2, 0.25) is 11.9 Å². The largest absolute Gasteiger partial charge is 0.277 e. The number of para-hydroxylation sites is 1. The van der Waals surface area contributed by atoms with E-state index in [0.717, 1.165) is 11.1 Å². The molecule has 0 saturated carbocycles. The number of nitrogens with zero attached hydrogens (tertiary/aromatic N) is 2. The van der Waals surface area contributed by atoms with Crippen LogP contribution in [0.2, 0.25) is 0 Å². The van der Waals surface area contributed by atoms with Gasteiger partial charge in [0.05, 0.1) is 16.8 Å². The Kier molecular flexibility index (Phi) is 5.57. The second kappa shape index (κ2) is 8.61. The highest BCUT2D eigenvalue weighted by atomic mass is 16.2. The number of carbonyl (C=O) groups excluding carboxylic acids is 1. The number of carbonyl (C=O) groups is 1. The molecule has 0 aliphatic rings. The molecule has 6 heteroatoms. The van der Waals surface area contributed by atoms with Crippen LogP contribution in [0.15, 0.2) is 89.7 Å². The molecule has 4 rings (SSSR count). The van der Waals surface area contributed by atoms with Crippen LogP contribution >= 0.6 is 0 Å². The van der Waals surface area contributed by atoms with Gasteiger partial charge in [-0.3, -0.25) is 25.0 Å². The minimum atomic E-state index is -0.498. The van der Waals surface area contributed by atoms with Crippen molar-refractivity contribution in [1.29, 1.82) is 0 Å². The summed E-state index contributed by atoms with van der Waals surface area (Å²) >= 11 is 0. The summed E-state index contributed by atoms with van der Waals surface area (Å²) < 4.78 is 1.50. The van der Waals surface area contributed by atoms with E-state index in [9.17, 15) is 9.59 Å². The Bertz CT molecular complexity index is 1180. The normalized spacial score (nSPS) is 10.9. The van der Waals surface area contributed by atoms with Crippen LogP contribution in [0.5, 0.6) is 0 Å². The van der Waals surface area contributed by atoms with Crippen molar-refractivity contribution in [2.75, 3.05) is 5.43 Å². The number of fused-ring (bicyclic) bond motifs is 1. The number of rotatable bonds is 6. The zero-order chi connectivity index (χ0) is 20.9. The second-order valence-electron chi connectivity index (χ2n) is 6.87. The van der Waals surface area contributed by atoms with Crippen LogP contribution in [0.25, 0.3) is 10.9 Å². The predicted molar refractivity (Wildman–Crippen MR) is 118 cm³/mol. The van der Waals surface area contributed by atoms with Gasteiger partial charge in [0.1, 0.15) is 0 Å². The van der Waals surface area contributed by atoms with Crippen LogP contribution in [0.4, 0.5) is 5.95 Å². The molecule has 1 amide bonds. The average Bonchev–Trinajstić information content (AvgIpc) is 2.79. The van der Waals surface area contributed by atoms with Crippen molar-refractivity contribution in [3.05, 3.63) is 106 Å². The molecule has 0 saturated heterocycles. The van der Waals surface area contributed by atoms with Gasteiger partial charge >= 0.3 is 0 Å². The van der Waals surface area contributed by atoms with E-state index in [1.807, 2.05) is 79.7 Å². The number of aromatic nitrogens is 2. The number of nitrogens with one attached hydrogen (secondary N) is 2. The van der Waals surface area contributed by atoms with Crippen LogP contribution in [0, 0.1) is 0 Å². The molecule has 1 aromatic heterocycles. The molecular formula is C24H22N4O2. The molecule has 0 atom stereocenters. The molecule has 0 radical (unpaired) electrons. The Labute approximate surface area is 174 Å². The van der Waals surface area contributed by atoms with Crippen LogP contribution < -0.4 is 16.4 Å². The van der Waals surface area contributed by atoms with Crippen molar-refractivity contribution >= 4 is 22.8 Å². The molecule has 4 aromatic rings. The Hall–Kier alpha value is -3.93. The van der Waals surface area contributed by atoms with Gasteiger partial charge in [-0.05, 0) is 30.2 Å². The maximum Gasteiger partial charge on any atom is 0.262 e. The molecule has 0 fully saturated rings. The van der Waals surface area contributed by atoms with Gasteiger partial charge in [-0.25, -0.2) is 4.98 Å². The number of anilines is 1. The summed E-state index contributed by atoms with van der Waals surface area (Å²) in [5.41, 5.74) is 7.80. The molecule has 0 aliphatic carbocycles. The Morgan fingerprint density at radius 1 is 0.900 bits per heavy atom. The van der Waals surface area contributed by atoms with Gasteiger partial charge < -0.3 is 0 Å². The molecular weight excluding hydrogens is 376 g/mol. The molecule has 30 heavy (non-hydrogen) atoms. The molecule has 150 valence electrons. The first kappa shape index (κ1) is 19.4. The lowest BCUT2D eigenvalue weighted by Crippen LogP contribution is -2.37. The molecule has 0 unspecified atom stereocenters. The fourth-order valence-corrected chi connectivity index (χ4v) is 3.53. The molecule has 6 nitrogen and oxygen atoms in total. The quantitative estimate of drug-likeness (QED) is 0.486. The standard InChI is InChI=1S/C24H22N4O2/c1-2-28-23(30)19-15-9-10-16-20(19)25-24(28)27-26-22(29)21(17-11-5-3-6-12-17)18-13-7-4-8-14-18/h3-16,21H,2H2,1H3,(H,25,27)(H,26,29). The minimum absolute atomic E-state index is 0.150. The topological polar surface area (TPSA) is 76.0 Å². The van der Waals surface area contributed by atoms with E-state index in [-0.39, 0.29) is 11.5 Å². The molecule has 2 N–H and O–H groups in total. The lowest BCUT2D eigenvalue weighted by Gasteiger charge is -2.19. The third-order valence-electron chi connectivity index (χ3n) is 5.00. The second-order valence-corrected chi connectivity index (χ2v) is 6.87. The van der Waals surface area contributed by atoms with E-state index in [4.69, 9.17) is 0 Å². The summed E-state index contributed by atoms with van der Waals surface area (Å²) in [4.78, 5) is 30.5. The first-order chi connectivity index (χ1) is 14.7. The number of hydrazine groups is 1. The lowest BCUT2D eigenvalue weighted by molar-refractivity contribution is -0.121. The maximum atomic E-state index is 13.2. The Morgan fingerprint density at radius 2 is 1.47 bits per heavy atom. The monoisotopic (exact) mass is 398 g/mol. The SMILES string of the molecule is CCn1c(NNC(=O)C(c2ccccc2)c2ccccc2)nc2ccccc2c1=O. The third kappa shape index (κ3) is 3.80. The molecule has 3 aromatic carbocycles. The summed E-state index contributed by atoms with van der Waals surface area (Å²) in [6.45, 7) is 2.29. The number of benzene rings is 3. The van der Waals surface area contributed by atoms with Gasteiger partial charge in [-0.1, -0.05) is 72.8 Å². The van der Waals surface area contributed by atoms with Crippen molar-refractivity contribution in [2.45, 2.75) is 19.4 Å². The van der Waals surface area contributed by atoms with Crippen molar-refractivity contribution < 1.29 is 4.79 Å². The van der Waals surface area contributed by atoms with E-state index in [1.165, 1.54) is 4.57 Å². The van der Waals surface area contributed by atoms with Crippen LogP contribution in [0.3, 0.4) is 0 Å². The smallest absolute Gasteiger partial charge is 0.262 e. The van der Waals surface area contributed by atoms with E-state index < -0.39 is 5.92 Å². The van der Waals surface area contributed by atoms with Crippen LogP contribution in [0.1, 0.15) is 24.0 Å². The van der Waals surface area contributed by atoms with Crippen molar-refractivity contribution in [3.63, 3.8) is 0 Å². The number of hydrogen-bond donors (Lipinski definition) is 2. The van der Waals surface area contributed by atoms with Crippen LogP contribution in [-0.2, 0) is 11.3 Å². The van der Waals surface area contributed by atoms with E-state index in [1.54, 1.807) is 12.1 Å². The summed E-state index contributed by atoms with van der Waals surface area (Å²) in [7, 11) is 0. The molecule has 0 bridgehead atoms. The molecule has 0 spiro atoms. The van der Waals surface area contributed by atoms with E-state index >= 15 is 0 Å². The van der Waals surface area contributed by atoms with Crippen molar-refractivity contribution in [1.82, 2.24) is 15.0 Å². The highest BCUT2D eigenvalue weighted by molar-refractivity contribution is 5.88.